The van der Waals surface area contributed by atoms with Crippen LogP contribution in [0.1, 0.15) is 12.8 Å². The molecule has 0 aliphatic carbocycles. The summed E-state index contributed by atoms with van der Waals surface area (Å²) in [4.78, 5) is 26.5. The molecule has 25 heavy (non-hydrogen) atoms. The molecule has 9 heteroatoms. The van der Waals surface area contributed by atoms with Gasteiger partial charge in [0.2, 0.25) is 17.8 Å². The van der Waals surface area contributed by atoms with E-state index in [0.29, 0.717) is 17.5 Å². The fraction of sp³-hybridized carbons (Fsp3) is 0.375. The summed E-state index contributed by atoms with van der Waals surface area (Å²) in [6.45, 7) is 1.15. The summed E-state index contributed by atoms with van der Waals surface area (Å²) in [5.41, 5.74) is 0.751. The molecule has 0 spiro atoms. The zero-order chi connectivity index (χ0) is 17.4. The second-order valence-corrected chi connectivity index (χ2v) is 7.53. The van der Waals surface area contributed by atoms with Gasteiger partial charge in [0, 0.05) is 36.0 Å². The molecule has 1 aromatic carbocycles. The summed E-state index contributed by atoms with van der Waals surface area (Å²) in [6.07, 6.45) is 1.20. The number of carbonyl (C=O) groups is 2. The Morgan fingerprint density at radius 2 is 2.08 bits per heavy atom. The van der Waals surface area contributed by atoms with Gasteiger partial charge in [0.15, 0.2) is 5.16 Å². The molecule has 0 saturated carbocycles. The number of thioether (sulfide) groups is 1. The molecule has 1 saturated heterocycles. The van der Waals surface area contributed by atoms with Crippen molar-refractivity contribution in [2.75, 3.05) is 22.5 Å². The summed E-state index contributed by atoms with van der Waals surface area (Å²) >= 11 is 7.52. The van der Waals surface area contributed by atoms with E-state index in [4.69, 9.17) is 11.6 Å². The molecular weight excluding hydrogens is 362 g/mol. The van der Waals surface area contributed by atoms with E-state index in [9.17, 15) is 9.59 Å². The monoisotopic (exact) mass is 377 g/mol. The zero-order valence-electron chi connectivity index (χ0n) is 13.3. The van der Waals surface area contributed by atoms with Crippen LogP contribution in [0.25, 0.3) is 0 Å². The van der Waals surface area contributed by atoms with Crippen molar-refractivity contribution in [2.45, 2.75) is 24.5 Å². The molecular formula is C16H16ClN5O2S. The molecule has 1 fully saturated rings. The minimum absolute atomic E-state index is 0.0682. The third-order valence-corrected chi connectivity index (χ3v) is 5.65. The van der Waals surface area contributed by atoms with E-state index < -0.39 is 5.92 Å². The van der Waals surface area contributed by atoms with Crippen LogP contribution in [0, 0.1) is 5.92 Å². The van der Waals surface area contributed by atoms with Crippen molar-refractivity contribution < 1.29 is 9.59 Å². The Balaban J connectivity index is 1.45. The third-order valence-electron chi connectivity index (χ3n) is 4.34. The minimum Gasteiger partial charge on any atom is -0.312 e. The number of nitrogens with one attached hydrogen (secondary N) is 1. The molecule has 0 radical (unpaired) electrons. The van der Waals surface area contributed by atoms with Gasteiger partial charge in [-0.05, 0) is 30.7 Å². The van der Waals surface area contributed by atoms with Crippen LogP contribution in [0.15, 0.2) is 29.4 Å². The normalized spacial score (nSPS) is 19.8. The maximum Gasteiger partial charge on any atom is 0.232 e. The van der Waals surface area contributed by atoms with Gasteiger partial charge in [-0.2, -0.15) is 0 Å². The lowest BCUT2D eigenvalue weighted by Gasteiger charge is -2.17. The first-order valence-electron chi connectivity index (χ1n) is 8.04. The molecule has 2 aliphatic heterocycles. The molecule has 4 rings (SSSR count). The highest BCUT2D eigenvalue weighted by atomic mass is 35.5. The van der Waals surface area contributed by atoms with Crippen molar-refractivity contribution in [3.63, 3.8) is 0 Å². The number of amides is 2. The standard InChI is InChI=1S/C16H16ClN5O2S/c17-11-2-4-12(5-3-11)22-9-10(8-13(22)23)14(24)18-15-19-20-16-21(15)6-1-7-25-16/h2-5,10H,1,6-9H2,(H,18,19,24). The number of hydrogen-bond donors (Lipinski definition) is 1. The highest BCUT2D eigenvalue weighted by Gasteiger charge is 2.35. The first-order chi connectivity index (χ1) is 12.1. The van der Waals surface area contributed by atoms with Gasteiger partial charge < -0.3 is 4.90 Å². The van der Waals surface area contributed by atoms with E-state index in [-0.39, 0.29) is 18.2 Å². The largest absolute Gasteiger partial charge is 0.312 e. The van der Waals surface area contributed by atoms with Gasteiger partial charge in [0.1, 0.15) is 0 Å². The lowest BCUT2D eigenvalue weighted by Crippen LogP contribution is -2.29. The number of rotatable bonds is 3. The number of aromatic nitrogens is 3. The number of anilines is 2. The van der Waals surface area contributed by atoms with Crippen LogP contribution in [0.2, 0.25) is 5.02 Å². The van der Waals surface area contributed by atoms with Crippen molar-refractivity contribution in [1.29, 1.82) is 0 Å². The van der Waals surface area contributed by atoms with Gasteiger partial charge in [-0.3, -0.25) is 19.5 Å². The topological polar surface area (TPSA) is 80.1 Å². The van der Waals surface area contributed by atoms with Crippen molar-refractivity contribution in [1.82, 2.24) is 14.8 Å². The van der Waals surface area contributed by atoms with Crippen LogP contribution in [-0.2, 0) is 16.1 Å². The summed E-state index contributed by atoms with van der Waals surface area (Å²) in [7, 11) is 0. The SMILES string of the molecule is O=C(Nc1nnc2n1CCCS2)C1CC(=O)N(c2ccc(Cl)cc2)C1. The molecule has 0 bridgehead atoms. The number of hydrogen-bond acceptors (Lipinski definition) is 5. The smallest absolute Gasteiger partial charge is 0.232 e. The first-order valence-corrected chi connectivity index (χ1v) is 9.41. The van der Waals surface area contributed by atoms with E-state index in [1.54, 1.807) is 40.9 Å². The Hall–Kier alpha value is -2.06. The van der Waals surface area contributed by atoms with Crippen molar-refractivity contribution in [3.8, 4) is 0 Å². The molecule has 130 valence electrons. The molecule has 2 aliphatic rings. The average Bonchev–Trinajstić information content (AvgIpc) is 3.20. The highest BCUT2D eigenvalue weighted by Crippen LogP contribution is 2.28. The number of halogens is 1. The lowest BCUT2D eigenvalue weighted by atomic mass is 10.1. The maximum absolute atomic E-state index is 12.6. The van der Waals surface area contributed by atoms with Crippen LogP contribution >= 0.6 is 23.4 Å². The van der Waals surface area contributed by atoms with Gasteiger partial charge in [0.25, 0.3) is 0 Å². The highest BCUT2D eigenvalue weighted by molar-refractivity contribution is 7.99. The van der Waals surface area contributed by atoms with Crippen molar-refractivity contribution in [2.24, 2.45) is 5.92 Å². The van der Waals surface area contributed by atoms with Gasteiger partial charge >= 0.3 is 0 Å². The first kappa shape index (κ1) is 16.4. The fourth-order valence-electron chi connectivity index (χ4n) is 3.04. The van der Waals surface area contributed by atoms with E-state index in [0.717, 1.165) is 29.6 Å². The molecule has 7 nitrogen and oxygen atoms in total. The molecule has 1 N–H and O–H groups in total. The summed E-state index contributed by atoms with van der Waals surface area (Å²) in [5.74, 6) is 0.799. The van der Waals surface area contributed by atoms with Crippen LogP contribution in [0.3, 0.4) is 0 Å². The predicted molar refractivity (Wildman–Crippen MR) is 95.9 cm³/mol. The fourth-order valence-corrected chi connectivity index (χ4v) is 4.06. The number of carbonyl (C=O) groups excluding carboxylic acids is 2. The maximum atomic E-state index is 12.6. The van der Waals surface area contributed by atoms with Crippen molar-refractivity contribution in [3.05, 3.63) is 29.3 Å². The van der Waals surface area contributed by atoms with Crippen LogP contribution in [0.5, 0.6) is 0 Å². The molecule has 1 unspecified atom stereocenters. The second-order valence-electron chi connectivity index (χ2n) is 6.03. The van der Waals surface area contributed by atoms with Crippen LogP contribution in [0.4, 0.5) is 11.6 Å². The number of fused-ring (bicyclic) bond motifs is 1. The Bertz CT molecular complexity index is 822. The van der Waals surface area contributed by atoms with E-state index in [1.807, 2.05) is 4.57 Å². The van der Waals surface area contributed by atoms with Gasteiger partial charge in [-0.25, -0.2) is 0 Å². The quantitative estimate of drug-likeness (QED) is 0.888. The Morgan fingerprint density at radius 3 is 2.88 bits per heavy atom. The molecule has 1 aromatic heterocycles. The van der Waals surface area contributed by atoms with E-state index >= 15 is 0 Å². The van der Waals surface area contributed by atoms with Crippen LogP contribution < -0.4 is 10.2 Å². The number of nitrogens with zero attached hydrogens (tertiary/aromatic N) is 4. The average molecular weight is 378 g/mol. The van der Waals surface area contributed by atoms with Crippen LogP contribution in [-0.4, -0.2) is 38.9 Å². The predicted octanol–water partition coefficient (Wildman–Crippen LogP) is 2.42. The summed E-state index contributed by atoms with van der Waals surface area (Å²) < 4.78 is 1.92. The van der Waals surface area contributed by atoms with E-state index in [2.05, 4.69) is 15.5 Å². The molecule has 1 atom stereocenters. The minimum atomic E-state index is -0.410. The molecule has 3 heterocycles. The summed E-state index contributed by atoms with van der Waals surface area (Å²) in [6, 6.07) is 7.04. The molecule has 2 aromatic rings. The van der Waals surface area contributed by atoms with E-state index in [1.165, 1.54) is 0 Å². The lowest BCUT2D eigenvalue weighted by molar-refractivity contribution is -0.122. The number of benzene rings is 1. The van der Waals surface area contributed by atoms with Gasteiger partial charge in [-0.15, -0.1) is 10.2 Å². The Morgan fingerprint density at radius 1 is 1.28 bits per heavy atom. The van der Waals surface area contributed by atoms with Gasteiger partial charge in [-0.1, -0.05) is 23.4 Å². The molecule has 2 amide bonds. The Labute approximate surface area is 153 Å². The third kappa shape index (κ3) is 3.23. The second kappa shape index (κ2) is 6.68. The summed E-state index contributed by atoms with van der Waals surface area (Å²) in [5, 5.41) is 12.4. The van der Waals surface area contributed by atoms with Gasteiger partial charge in [0.05, 0.1) is 5.92 Å². The van der Waals surface area contributed by atoms with Crippen molar-refractivity contribution >= 4 is 46.8 Å². The Kier molecular flexibility index (Phi) is 4.39. The zero-order valence-corrected chi connectivity index (χ0v) is 14.9.